The van der Waals surface area contributed by atoms with Gasteiger partial charge in [-0.1, -0.05) is 52.7 Å². The van der Waals surface area contributed by atoms with Gasteiger partial charge in [-0.05, 0) is 36.8 Å². The molecule has 2 rings (SSSR count). The van der Waals surface area contributed by atoms with Crippen LogP contribution in [0.4, 0.5) is 0 Å². The van der Waals surface area contributed by atoms with Gasteiger partial charge in [0.1, 0.15) is 0 Å². The zero-order chi connectivity index (χ0) is 20.5. The first-order chi connectivity index (χ1) is 13.5. The van der Waals surface area contributed by atoms with Gasteiger partial charge in [-0.25, -0.2) is 9.59 Å². The van der Waals surface area contributed by atoms with E-state index in [2.05, 4.69) is 27.7 Å². The molecule has 0 aromatic heterocycles. The van der Waals surface area contributed by atoms with Crippen molar-refractivity contribution in [2.75, 3.05) is 13.2 Å². The first-order valence-corrected chi connectivity index (χ1v) is 10.2. The summed E-state index contributed by atoms with van der Waals surface area (Å²) < 4.78 is 22.2. The van der Waals surface area contributed by atoms with Gasteiger partial charge in [0, 0.05) is 0 Å². The van der Waals surface area contributed by atoms with Crippen LogP contribution < -0.4 is 9.47 Å². The van der Waals surface area contributed by atoms with Gasteiger partial charge < -0.3 is 18.9 Å². The minimum Gasteiger partial charge on any atom is -0.470 e. The van der Waals surface area contributed by atoms with E-state index in [1.54, 1.807) is 24.3 Å². The third kappa shape index (κ3) is 6.14. The summed E-state index contributed by atoms with van der Waals surface area (Å²) in [6.45, 7) is 8.94. The minimum atomic E-state index is -1.18. The van der Waals surface area contributed by atoms with Crippen LogP contribution in [-0.2, 0) is 19.1 Å². The molecule has 4 unspecified atom stereocenters. The van der Waals surface area contributed by atoms with Gasteiger partial charge in [-0.2, -0.15) is 0 Å². The van der Waals surface area contributed by atoms with Crippen LogP contribution >= 0.6 is 0 Å². The van der Waals surface area contributed by atoms with Crippen molar-refractivity contribution in [3.05, 3.63) is 24.3 Å². The van der Waals surface area contributed by atoms with Crippen LogP contribution in [-0.4, -0.2) is 37.4 Å². The Morgan fingerprint density at radius 1 is 0.857 bits per heavy atom. The fraction of sp³-hybridized carbons (Fsp3) is 0.636. The number of hydrogen-bond acceptors (Lipinski definition) is 6. The number of carbonyl (C=O) groups excluding carboxylic acids is 2. The van der Waals surface area contributed by atoms with E-state index in [0.717, 1.165) is 25.7 Å². The molecule has 0 bridgehead atoms. The van der Waals surface area contributed by atoms with Crippen molar-refractivity contribution in [1.82, 2.24) is 0 Å². The van der Waals surface area contributed by atoms with Crippen molar-refractivity contribution in [2.45, 2.75) is 65.6 Å². The van der Waals surface area contributed by atoms with Crippen LogP contribution in [0, 0.1) is 11.8 Å². The lowest BCUT2D eigenvalue weighted by atomic mass is 10.1. The molecule has 1 aliphatic rings. The van der Waals surface area contributed by atoms with Crippen molar-refractivity contribution in [1.29, 1.82) is 0 Å². The summed E-state index contributed by atoms with van der Waals surface area (Å²) in [5, 5.41) is 0. The molecule has 0 aliphatic carbocycles. The van der Waals surface area contributed by atoms with Crippen molar-refractivity contribution in [2.24, 2.45) is 11.8 Å². The van der Waals surface area contributed by atoms with Crippen LogP contribution in [0.15, 0.2) is 24.3 Å². The molecule has 156 valence electrons. The molecule has 6 heteroatoms. The topological polar surface area (TPSA) is 71.1 Å². The van der Waals surface area contributed by atoms with E-state index in [0.29, 0.717) is 23.3 Å². The smallest absolute Gasteiger partial charge is 0.351 e. The molecule has 0 fully saturated rings. The average Bonchev–Trinajstić information content (AvgIpc) is 2.72. The Balaban J connectivity index is 2.03. The van der Waals surface area contributed by atoms with Gasteiger partial charge in [0.25, 0.3) is 0 Å². The Hall–Kier alpha value is -2.24. The number of esters is 2. The van der Waals surface area contributed by atoms with Gasteiger partial charge in [0.05, 0.1) is 13.2 Å². The molecule has 28 heavy (non-hydrogen) atoms. The second-order valence-corrected chi connectivity index (χ2v) is 7.46. The SMILES string of the molecule is CCC(C)CCOC(=O)C1Oc2ccccc2OC1C(=O)OCCC(C)CC. The van der Waals surface area contributed by atoms with Crippen LogP contribution in [0.25, 0.3) is 0 Å². The maximum absolute atomic E-state index is 12.6. The van der Waals surface area contributed by atoms with E-state index in [9.17, 15) is 9.59 Å². The third-order valence-electron chi connectivity index (χ3n) is 5.20. The summed E-state index contributed by atoms with van der Waals surface area (Å²) in [5.41, 5.74) is 0. The Kier molecular flexibility index (Phi) is 8.61. The third-order valence-corrected chi connectivity index (χ3v) is 5.20. The van der Waals surface area contributed by atoms with E-state index in [1.807, 2.05) is 0 Å². The highest BCUT2D eigenvalue weighted by atomic mass is 16.6. The van der Waals surface area contributed by atoms with E-state index in [1.165, 1.54) is 0 Å². The predicted molar refractivity (Wildman–Crippen MR) is 105 cm³/mol. The lowest BCUT2D eigenvalue weighted by Gasteiger charge is -2.31. The second kappa shape index (κ2) is 10.9. The highest BCUT2D eigenvalue weighted by molar-refractivity contribution is 5.87. The molecule has 0 N–H and O–H groups in total. The van der Waals surface area contributed by atoms with Crippen molar-refractivity contribution in [3.63, 3.8) is 0 Å². The van der Waals surface area contributed by atoms with Crippen molar-refractivity contribution >= 4 is 11.9 Å². The summed E-state index contributed by atoms with van der Waals surface area (Å²) in [5.74, 6) is 0.519. The normalized spacial score (nSPS) is 20.1. The summed E-state index contributed by atoms with van der Waals surface area (Å²) >= 11 is 0. The molecule has 0 radical (unpaired) electrons. The molecular formula is C22H32O6. The number of benzene rings is 1. The molecule has 1 aromatic rings. The number of para-hydroxylation sites is 2. The number of hydrogen-bond donors (Lipinski definition) is 0. The second-order valence-electron chi connectivity index (χ2n) is 7.46. The standard InChI is InChI=1S/C22H32O6/c1-5-15(3)11-13-25-21(23)19-20(22(24)26-14-12-16(4)6-2)28-18-10-8-7-9-17(18)27-19/h7-10,15-16,19-20H,5-6,11-14H2,1-4H3. The summed E-state index contributed by atoms with van der Waals surface area (Å²) in [6, 6.07) is 6.94. The zero-order valence-corrected chi connectivity index (χ0v) is 17.3. The fourth-order valence-electron chi connectivity index (χ4n) is 2.68. The highest BCUT2D eigenvalue weighted by Crippen LogP contribution is 2.34. The summed E-state index contributed by atoms with van der Waals surface area (Å²) in [4.78, 5) is 25.2. The largest absolute Gasteiger partial charge is 0.470 e. The molecule has 1 aromatic carbocycles. The van der Waals surface area contributed by atoms with E-state index in [4.69, 9.17) is 18.9 Å². The zero-order valence-electron chi connectivity index (χ0n) is 17.3. The lowest BCUT2D eigenvalue weighted by Crippen LogP contribution is -2.51. The quantitative estimate of drug-likeness (QED) is 0.557. The maximum Gasteiger partial charge on any atom is 0.351 e. The Morgan fingerprint density at radius 3 is 1.61 bits per heavy atom. The summed E-state index contributed by atoms with van der Waals surface area (Å²) in [7, 11) is 0. The monoisotopic (exact) mass is 392 g/mol. The Bertz CT molecular complexity index is 589. The van der Waals surface area contributed by atoms with Gasteiger partial charge in [-0.3, -0.25) is 0 Å². The predicted octanol–water partition coefficient (Wildman–Crippen LogP) is 4.15. The van der Waals surface area contributed by atoms with Crippen LogP contribution in [0.5, 0.6) is 11.5 Å². The van der Waals surface area contributed by atoms with Crippen molar-refractivity contribution < 1.29 is 28.5 Å². The van der Waals surface area contributed by atoms with Gasteiger partial charge in [0.15, 0.2) is 11.5 Å². The Morgan fingerprint density at radius 2 is 1.25 bits per heavy atom. The number of ether oxygens (including phenoxy) is 4. The lowest BCUT2D eigenvalue weighted by molar-refractivity contribution is -0.172. The van der Waals surface area contributed by atoms with Crippen LogP contribution in [0.2, 0.25) is 0 Å². The van der Waals surface area contributed by atoms with E-state index < -0.39 is 24.1 Å². The number of carbonyl (C=O) groups is 2. The van der Waals surface area contributed by atoms with E-state index in [-0.39, 0.29) is 13.2 Å². The molecule has 0 saturated carbocycles. The first kappa shape index (κ1) is 22.1. The molecule has 0 amide bonds. The molecule has 0 spiro atoms. The van der Waals surface area contributed by atoms with Gasteiger partial charge in [0.2, 0.25) is 12.2 Å². The number of fused-ring (bicyclic) bond motifs is 1. The minimum absolute atomic E-state index is 0.283. The first-order valence-electron chi connectivity index (χ1n) is 10.2. The average molecular weight is 392 g/mol. The fourth-order valence-corrected chi connectivity index (χ4v) is 2.68. The summed E-state index contributed by atoms with van der Waals surface area (Å²) in [6.07, 6.45) is 1.19. The van der Waals surface area contributed by atoms with E-state index >= 15 is 0 Å². The molecule has 4 atom stereocenters. The van der Waals surface area contributed by atoms with Gasteiger partial charge in [-0.15, -0.1) is 0 Å². The highest BCUT2D eigenvalue weighted by Gasteiger charge is 2.44. The van der Waals surface area contributed by atoms with Crippen LogP contribution in [0.3, 0.4) is 0 Å². The number of rotatable bonds is 10. The van der Waals surface area contributed by atoms with Gasteiger partial charge >= 0.3 is 11.9 Å². The molecule has 0 saturated heterocycles. The molecule has 1 heterocycles. The maximum atomic E-state index is 12.6. The molecule has 6 nitrogen and oxygen atoms in total. The Labute approximate surface area is 167 Å². The van der Waals surface area contributed by atoms with Crippen LogP contribution in [0.1, 0.15) is 53.4 Å². The van der Waals surface area contributed by atoms with Crippen molar-refractivity contribution in [3.8, 4) is 11.5 Å². The molecule has 1 aliphatic heterocycles. The molecular weight excluding hydrogens is 360 g/mol.